The number of aliphatic hydroxyl groups is 4. The van der Waals surface area contributed by atoms with Crippen molar-refractivity contribution in [3.8, 4) is 0 Å². The van der Waals surface area contributed by atoms with Crippen LogP contribution in [0.5, 0.6) is 0 Å². The second kappa shape index (κ2) is 28.6. The van der Waals surface area contributed by atoms with E-state index in [-0.39, 0.29) is 174 Å². The Morgan fingerprint density at radius 2 is 1.16 bits per heavy atom. The van der Waals surface area contributed by atoms with Crippen molar-refractivity contribution in [2.75, 3.05) is 49.4 Å². The van der Waals surface area contributed by atoms with E-state index in [0.717, 1.165) is 21.8 Å². The molecule has 9 N–H and O–H groups in total. The first-order valence-electron chi connectivity index (χ1n) is 18.8. The van der Waals surface area contributed by atoms with Gasteiger partial charge in [-0.2, -0.15) is 26.3 Å². The molecule has 2 aliphatic heterocycles. The van der Waals surface area contributed by atoms with Crippen molar-refractivity contribution < 1.29 is 221 Å². The van der Waals surface area contributed by atoms with E-state index < -0.39 is 126 Å². The molecule has 45 heteroatoms. The fourth-order valence-electron chi connectivity index (χ4n) is 6.18. The van der Waals surface area contributed by atoms with Gasteiger partial charge in [0.1, 0.15) is 36.6 Å². The van der Waals surface area contributed by atoms with Gasteiger partial charge in [0.05, 0.1) is 38.0 Å². The van der Waals surface area contributed by atoms with Gasteiger partial charge < -0.3 is 59.7 Å². The number of nitrogens with zero attached hydrogens (tertiary/aromatic N) is 8. The van der Waals surface area contributed by atoms with Crippen molar-refractivity contribution in [2.45, 2.75) is 83.0 Å². The van der Waals surface area contributed by atoms with Gasteiger partial charge in [-0.1, -0.05) is 47.4 Å². The molecule has 6 heterocycles. The second-order valence-electron chi connectivity index (χ2n) is 14.2. The number of aromatic nitrogens is 8. The monoisotopic (exact) mass is 1260 g/mol. The van der Waals surface area contributed by atoms with Crippen molar-refractivity contribution >= 4 is 122 Å². The summed E-state index contributed by atoms with van der Waals surface area (Å²) in [5.74, 6) is -1.70. The molecule has 2 aliphatic rings. The van der Waals surface area contributed by atoms with Crippen LogP contribution in [0, 0.1) is 0 Å². The number of aliphatic hydroxyl groups excluding tert-OH is 4. The third-order valence-electron chi connectivity index (χ3n) is 9.26. The van der Waals surface area contributed by atoms with Gasteiger partial charge in [-0.15, -0.1) is 0 Å². The van der Waals surface area contributed by atoms with Crippen LogP contribution in [0.3, 0.4) is 0 Å². The predicted octanol–water partition coefficient (Wildman–Crippen LogP) is -8.08. The normalized spacial score (nSPS) is 26.0. The van der Waals surface area contributed by atoms with Crippen molar-refractivity contribution in [3.63, 3.8) is 0 Å². The molecule has 0 amide bonds. The van der Waals surface area contributed by atoms with Crippen LogP contribution in [0.15, 0.2) is 23.0 Å². The molecule has 0 aromatic carbocycles. The molecule has 2 fully saturated rings. The zero-order valence-electron chi connectivity index (χ0n) is 38.4. The van der Waals surface area contributed by atoms with Gasteiger partial charge in [0.15, 0.2) is 56.7 Å². The van der Waals surface area contributed by atoms with Gasteiger partial charge in [-0.05, 0) is 11.8 Å². The molecular formula is C28H37ClF6N10Na4O16P4S4+4. The molecule has 0 saturated carbocycles. The Hall–Kier alpha value is 2.44. The Labute approximate surface area is 520 Å². The minimum atomic E-state index is -5.91. The Bertz CT molecular complexity index is 2730. The molecule has 0 spiro atoms. The summed E-state index contributed by atoms with van der Waals surface area (Å²) in [5.41, 5.74) is -0.105. The Morgan fingerprint density at radius 3 is 1.59 bits per heavy atom. The largest absolute Gasteiger partial charge is 1.00 e. The number of alkyl halides is 7. The third kappa shape index (κ3) is 18.5. The number of anilines is 2. The van der Waals surface area contributed by atoms with Crippen LogP contribution in [0.1, 0.15) is 18.9 Å². The van der Waals surface area contributed by atoms with Gasteiger partial charge in [0, 0.05) is 19.8 Å². The topological polar surface area (TPSA) is 359 Å². The second-order valence-corrected chi connectivity index (χ2v) is 27.5. The van der Waals surface area contributed by atoms with E-state index in [1.165, 1.54) is 14.1 Å². The summed E-state index contributed by atoms with van der Waals surface area (Å²) in [6.45, 7) is -12.3. The van der Waals surface area contributed by atoms with Crippen molar-refractivity contribution in [1.82, 2.24) is 39.0 Å². The Kier molecular flexibility index (Phi) is 28.0. The molecule has 4 aromatic heterocycles. The molecule has 73 heavy (non-hydrogen) atoms. The molecule has 5 unspecified atom stereocenters. The molecule has 2 saturated heterocycles. The molecule has 0 bridgehead atoms. The van der Waals surface area contributed by atoms with Crippen molar-refractivity contribution in [2.24, 2.45) is 0 Å². The number of hydrogen-bond donors (Lipinski definition) is 10. The van der Waals surface area contributed by atoms with E-state index in [2.05, 4.69) is 61.4 Å². The first-order valence-corrected chi connectivity index (χ1v) is 29.8. The van der Waals surface area contributed by atoms with Crippen LogP contribution in [0.25, 0.3) is 22.3 Å². The number of halogens is 7. The average molecular weight is 1260 g/mol. The summed E-state index contributed by atoms with van der Waals surface area (Å²) in [4.78, 5) is 53.2. The van der Waals surface area contributed by atoms with Crippen LogP contribution in [-0.2, 0) is 52.6 Å². The molecular weight excluding hydrogens is 1230 g/mol. The maximum Gasteiger partial charge on any atom is 1.00 e. The summed E-state index contributed by atoms with van der Waals surface area (Å²) >= 11 is 15.0. The van der Waals surface area contributed by atoms with Crippen LogP contribution in [0.4, 0.5) is 38.0 Å². The minimum Gasteiger partial charge on any atom is -0.387 e. The average Bonchev–Trinajstić information content (AvgIpc) is 4.00. The first-order chi connectivity index (χ1) is 31.9. The number of thiol groups is 1. The van der Waals surface area contributed by atoms with E-state index >= 15 is 0 Å². The maximum atomic E-state index is 13.1. The number of hydrogen-bond acceptors (Lipinski definition) is 24. The number of nitrogens with one attached hydrogen (secondary N) is 2. The molecule has 13 atom stereocenters. The van der Waals surface area contributed by atoms with Crippen LogP contribution < -0.4 is 129 Å². The number of ether oxygens (including phenoxy) is 2. The summed E-state index contributed by atoms with van der Waals surface area (Å²) in [6, 6.07) is 0. The summed E-state index contributed by atoms with van der Waals surface area (Å²) < 4.78 is 149. The third-order valence-corrected chi connectivity index (χ3v) is 21.7. The van der Waals surface area contributed by atoms with Gasteiger partial charge in [0.2, 0.25) is 4.86 Å². The number of rotatable bonds is 21. The van der Waals surface area contributed by atoms with Crippen LogP contribution >= 0.6 is 76.1 Å². The molecule has 4 aromatic rings. The zero-order chi connectivity index (χ0) is 51.2. The van der Waals surface area contributed by atoms with Gasteiger partial charge >= 0.3 is 159 Å². The number of imidazole rings is 2. The molecule has 0 aliphatic carbocycles. The van der Waals surface area contributed by atoms with Crippen molar-refractivity contribution in [3.05, 3.63) is 12.7 Å². The smallest absolute Gasteiger partial charge is 0.387 e. The SMILES string of the molecule is CNc1nc(SCCC(F)(F)F)nc2c1ncn2[C@@H]1O[C@H](COP(=O)(S)OP(=O)(O)C(Cl)P(=O)(O)OP(O)(=S)OC[C@H]2O[C@@H](n3cnc4c(NC)nc(SCC(F)(F)F)nc43)[C@H](O)[C@@H]2O)[C@@H](O)[C@H]1O.[Na+].[Na+].[Na+].[Na+]. The van der Waals surface area contributed by atoms with E-state index in [9.17, 15) is 75.1 Å². The van der Waals surface area contributed by atoms with E-state index in [1.807, 2.05) is 0 Å². The van der Waals surface area contributed by atoms with E-state index in [0.29, 0.717) is 11.8 Å². The molecule has 388 valence electrons. The number of fused-ring (bicyclic) bond motifs is 2. The van der Waals surface area contributed by atoms with Crippen molar-refractivity contribution in [1.29, 1.82) is 0 Å². The standard InChI is InChI=1S/C28H37ClF6N10O16P4S4.4Na/c1-36-18-12-20(42-25(40-18)68-4-3-27(30,31)32)44(8-38-12)22-16(48)14(46)10(58-22)5-56-64(54,66)60-62(50,51)24(29)63(52,53)61-65(55,67)57-6-11-15(47)17(49)23(59-11)45-9-39-13-19(37-2)41-26(43-21(13)45)69-7-28(33,34)35;;;;/h8-11,14-17,22-24,46-49H,3-7H2,1-2H3,(H,50,51)(H,52,53)(H,54,66)(H,55,67)(H,36,40,42)(H,37,41,43);;;;/q;4*+1/t10-,11-,14-,15-,16-,17-,22-,23-,24?,64?,65?;;;;/m1..../s1. The van der Waals surface area contributed by atoms with E-state index in [4.69, 9.17) is 41.9 Å². The van der Waals surface area contributed by atoms with Gasteiger partial charge in [-0.3, -0.25) is 22.8 Å². The minimum absolute atomic E-state index is 0. The molecule has 26 nitrogen and oxygen atoms in total. The molecule has 6 rings (SSSR count). The number of thioether (sulfide) groups is 2. The summed E-state index contributed by atoms with van der Waals surface area (Å²) in [5, 5.41) is 48.1. The quantitative estimate of drug-likeness (QED) is 0.00704. The predicted molar refractivity (Wildman–Crippen MR) is 236 cm³/mol. The van der Waals surface area contributed by atoms with Crippen LogP contribution in [0.2, 0.25) is 0 Å². The fourth-order valence-corrected chi connectivity index (χ4v) is 16.7. The summed E-state index contributed by atoms with van der Waals surface area (Å²) in [7, 11) is -8.95. The van der Waals surface area contributed by atoms with E-state index in [1.54, 1.807) is 0 Å². The van der Waals surface area contributed by atoms with Gasteiger partial charge in [0.25, 0.3) is 0 Å². The van der Waals surface area contributed by atoms with Crippen LogP contribution in [-0.4, -0.2) is 167 Å². The van der Waals surface area contributed by atoms with Gasteiger partial charge in [-0.25, -0.2) is 43.1 Å². The Morgan fingerprint density at radius 1 is 0.740 bits per heavy atom. The summed E-state index contributed by atoms with van der Waals surface area (Å²) in [6.07, 6.45) is -21.8. The first kappa shape index (κ1) is 71.5. The zero-order valence-corrected chi connectivity index (χ0v) is 54.1. The maximum absolute atomic E-state index is 13.1. The Balaban J connectivity index is 0.00000456. The fraction of sp³-hybridized carbons (Fsp3) is 0.643. The molecule has 0 radical (unpaired) electrons.